The van der Waals surface area contributed by atoms with Crippen LogP contribution in [0.5, 0.6) is 0 Å². The maximum absolute atomic E-state index is 12.6. The molecule has 4 heteroatoms. The number of amides is 1. The van der Waals surface area contributed by atoms with Crippen LogP contribution in [0.15, 0.2) is 54.9 Å². The quantitative estimate of drug-likeness (QED) is 0.826. The summed E-state index contributed by atoms with van der Waals surface area (Å²) < 4.78 is 0. The Hall–Kier alpha value is -2.20. The first-order valence-corrected chi connectivity index (χ1v) is 7.92. The zero-order chi connectivity index (χ0) is 16.7. The second-order valence-electron chi connectivity index (χ2n) is 6.38. The number of nitrogens with zero attached hydrogens (tertiary/aromatic N) is 1. The van der Waals surface area contributed by atoms with Gasteiger partial charge in [-0.25, -0.2) is 0 Å². The molecule has 0 fully saturated rings. The number of hydrogen-bond acceptors (Lipinski definition) is 3. The molecule has 122 valence electrons. The third-order valence-electron chi connectivity index (χ3n) is 4.03. The van der Waals surface area contributed by atoms with Crippen LogP contribution in [0.1, 0.15) is 31.0 Å². The molecule has 2 N–H and O–H groups in total. The van der Waals surface area contributed by atoms with Crippen LogP contribution in [0.2, 0.25) is 0 Å². The molecular formula is C19H25N3O. The lowest BCUT2D eigenvalue weighted by atomic mass is 9.84. The minimum Gasteiger partial charge on any atom is -0.354 e. The number of rotatable bonds is 7. The largest absolute Gasteiger partial charge is 0.354 e. The van der Waals surface area contributed by atoms with Gasteiger partial charge in [0, 0.05) is 30.4 Å². The van der Waals surface area contributed by atoms with Gasteiger partial charge >= 0.3 is 0 Å². The standard InChI is InChI=1S/C19H25N3O/c1-19(2,13-15-7-5-4-6-8-15)18(23)22-14-17(20-3)16-9-11-21-12-10-16/h4-12,17,20H,13-14H2,1-3H3,(H,22,23). The molecule has 1 heterocycles. The van der Waals surface area contributed by atoms with Crippen LogP contribution >= 0.6 is 0 Å². The van der Waals surface area contributed by atoms with Crippen molar-refractivity contribution in [2.24, 2.45) is 5.41 Å². The van der Waals surface area contributed by atoms with Crippen molar-refractivity contribution in [1.82, 2.24) is 15.6 Å². The lowest BCUT2D eigenvalue weighted by Gasteiger charge is -2.25. The van der Waals surface area contributed by atoms with Gasteiger partial charge in [0.2, 0.25) is 5.91 Å². The fourth-order valence-corrected chi connectivity index (χ4v) is 2.60. The number of carbonyl (C=O) groups excluding carboxylic acids is 1. The topological polar surface area (TPSA) is 54.0 Å². The average Bonchev–Trinajstić information content (AvgIpc) is 2.56. The Morgan fingerprint density at radius 3 is 2.39 bits per heavy atom. The van der Waals surface area contributed by atoms with Crippen LogP contribution in [-0.2, 0) is 11.2 Å². The molecular weight excluding hydrogens is 286 g/mol. The minimum absolute atomic E-state index is 0.0654. The fraction of sp³-hybridized carbons (Fsp3) is 0.368. The molecule has 0 bridgehead atoms. The minimum atomic E-state index is -0.447. The second-order valence-corrected chi connectivity index (χ2v) is 6.38. The molecule has 1 atom stereocenters. The van der Waals surface area contributed by atoms with Crippen molar-refractivity contribution in [1.29, 1.82) is 0 Å². The van der Waals surface area contributed by atoms with Crippen LogP contribution in [0, 0.1) is 5.41 Å². The summed E-state index contributed by atoms with van der Waals surface area (Å²) in [7, 11) is 1.90. The Kier molecular flexibility index (Phi) is 5.88. The Labute approximate surface area is 138 Å². The van der Waals surface area contributed by atoms with Crippen molar-refractivity contribution in [2.45, 2.75) is 26.3 Å². The van der Waals surface area contributed by atoms with Crippen LogP contribution in [0.25, 0.3) is 0 Å². The summed E-state index contributed by atoms with van der Waals surface area (Å²) in [6.45, 7) is 4.52. The predicted octanol–water partition coefficient (Wildman–Crippen LogP) is 2.73. The third kappa shape index (κ3) is 4.89. The van der Waals surface area contributed by atoms with E-state index in [9.17, 15) is 4.79 Å². The Balaban J connectivity index is 1.95. The van der Waals surface area contributed by atoms with Gasteiger partial charge in [-0.2, -0.15) is 0 Å². The molecule has 2 rings (SSSR count). The number of nitrogens with one attached hydrogen (secondary N) is 2. The first kappa shape index (κ1) is 17.2. The number of hydrogen-bond donors (Lipinski definition) is 2. The summed E-state index contributed by atoms with van der Waals surface area (Å²) in [6.07, 6.45) is 4.25. The summed E-state index contributed by atoms with van der Waals surface area (Å²) in [5, 5.41) is 6.30. The molecule has 0 aliphatic carbocycles. The molecule has 1 unspecified atom stereocenters. The van der Waals surface area contributed by atoms with Gasteiger partial charge in [0.15, 0.2) is 0 Å². The van der Waals surface area contributed by atoms with E-state index in [-0.39, 0.29) is 11.9 Å². The smallest absolute Gasteiger partial charge is 0.226 e. The number of aromatic nitrogens is 1. The SMILES string of the molecule is CNC(CNC(=O)C(C)(C)Cc1ccccc1)c1ccncc1. The molecule has 0 aliphatic heterocycles. The molecule has 0 spiro atoms. The molecule has 0 saturated heterocycles. The Morgan fingerprint density at radius 1 is 1.13 bits per heavy atom. The molecule has 23 heavy (non-hydrogen) atoms. The normalized spacial score (nSPS) is 12.7. The van der Waals surface area contributed by atoms with Gasteiger partial charge in [-0.15, -0.1) is 0 Å². The van der Waals surface area contributed by atoms with E-state index < -0.39 is 5.41 Å². The van der Waals surface area contributed by atoms with Crippen molar-refractivity contribution < 1.29 is 4.79 Å². The van der Waals surface area contributed by atoms with Gasteiger partial charge in [-0.1, -0.05) is 44.2 Å². The summed E-state index contributed by atoms with van der Waals surface area (Å²) in [5.74, 6) is 0.0654. The highest BCUT2D eigenvalue weighted by atomic mass is 16.2. The zero-order valence-electron chi connectivity index (χ0n) is 14.0. The average molecular weight is 311 g/mol. The highest BCUT2D eigenvalue weighted by molar-refractivity contribution is 5.82. The first-order valence-electron chi connectivity index (χ1n) is 7.92. The predicted molar refractivity (Wildman–Crippen MR) is 93.0 cm³/mol. The number of benzene rings is 1. The third-order valence-corrected chi connectivity index (χ3v) is 4.03. The van der Waals surface area contributed by atoms with E-state index >= 15 is 0 Å². The van der Waals surface area contributed by atoms with Crippen molar-refractivity contribution in [3.63, 3.8) is 0 Å². The summed E-state index contributed by atoms with van der Waals surface area (Å²) in [5.41, 5.74) is 1.84. The molecule has 0 radical (unpaired) electrons. The van der Waals surface area contributed by atoms with Crippen molar-refractivity contribution in [3.05, 3.63) is 66.0 Å². The molecule has 4 nitrogen and oxygen atoms in total. The molecule has 2 aromatic rings. The maximum atomic E-state index is 12.6. The summed E-state index contributed by atoms with van der Waals surface area (Å²) >= 11 is 0. The lowest BCUT2D eigenvalue weighted by molar-refractivity contribution is -0.129. The second kappa shape index (κ2) is 7.88. The summed E-state index contributed by atoms with van der Waals surface area (Å²) in [4.78, 5) is 16.6. The van der Waals surface area contributed by atoms with E-state index in [1.807, 2.05) is 51.2 Å². The highest BCUT2D eigenvalue weighted by Gasteiger charge is 2.28. The van der Waals surface area contributed by atoms with Crippen LogP contribution < -0.4 is 10.6 Å². The van der Waals surface area contributed by atoms with Crippen LogP contribution in [-0.4, -0.2) is 24.5 Å². The van der Waals surface area contributed by atoms with Gasteiger partial charge in [0.1, 0.15) is 0 Å². The van der Waals surface area contributed by atoms with Crippen LogP contribution in [0.4, 0.5) is 0 Å². The van der Waals surface area contributed by atoms with Gasteiger partial charge in [-0.3, -0.25) is 9.78 Å². The lowest BCUT2D eigenvalue weighted by Crippen LogP contribution is -2.42. The van der Waals surface area contributed by atoms with E-state index in [1.54, 1.807) is 12.4 Å². The zero-order valence-corrected chi connectivity index (χ0v) is 14.0. The van der Waals surface area contributed by atoms with Crippen LogP contribution in [0.3, 0.4) is 0 Å². The highest BCUT2D eigenvalue weighted by Crippen LogP contribution is 2.22. The van der Waals surface area contributed by atoms with E-state index in [0.717, 1.165) is 12.0 Å². The Bertz CT molecular complexity index is 611. The molecule has 1 amide bonds. The molecule has 1 aromatic carbocycles. The molecule has 0 saturated carbocycles. The van der Waals surface area contributed by atoms with E-state index in [4.69, 9.17) is 0 Å². The van der Waals surface area contributed by atoms with Gasteiger partial charge < -0.3 is 10.6 Å². The van der Waals surface area contributed by atoms with Crippen molar-refractivity contribution in [2.75, 3.05) is 13.6 Å². The molecule has 0 aliphatic rings. The van der Waals surface area contributed by atoms with E-state index in [2.05, 4.69) is 27.8 Å². The van der Waals surface area contributed by atoms with Gasteiger partial charge in [0.05, 0.1) is 0 Å². The van der Waals surface area contributed by atoms with E-state index in [0.29, 0.717) is 6.54 Å². The number of pyridine rings is 1. The number of carbonyl (C=O) groups is 1. The van der Waals surface area contributed by atoms with Crippen molar-refractivity contribution >= 4 is 5.91 Å². The monoisotopic (exact) mass is 311 g/mol. The van der Waals surface area contributed by atoms with Crippen molar-refractivity contribution in [3.8, 4) is 0 Å². The maximum Gasteiger partial charge on any atom is 0.226 e. The van der Waals surface area contributed by atoms with Gasteiger partial charge in [0.25, 0.3) is 0 Å². The number of likely N-dealkylation sites (N-methyl/N-ethyl adjacent to an activating group) is 1. The molecule has 1 aromatic heterocycles. The van der Waals surface area contributed by atoms with Gasteiger partial charge in [-0.05, 0) is 36.7 Å². The van der Waals surface area contributed by atoms with E-state index in [1.165, 1.54) is 5.56 Å². The summed E-state index contributed by atoms with van der Waals surface area (Å²) in [6, 6.07) is 14.1. The fourth-order valence-electron chi connectivity index (χ4n) is 2.60. The Morgan fingerprint density at radius 2 is 1.78 bits per heavy atom. The first-order chi connectivity index (χ1) is 11.0.